The largest absolute Gasteiger partial charge is 0.393 e. The van der Waals surface area contributed by atoms with E-state index < -0.39 is 6.61 Å². The molecule has 1 saturated carbocycles. The van der Waals surface area contributed by atoms with Crippen LogP contribution in [0.5, 0.6) is 0 Å². The van der Waals surface area contributed by atoms with Crippen molar-refractivity contribution in [1.29, 1.82) is 0 Å². The second-order valence-corrected chi connectivity index (χ2v) is 8.19. The highest BCUT2D eigenvalue weighted by Gasteiger charge is 2.25. The number of aliphatic hydroxyl groups is 1. The van der Waals surface area contributed by atoms with Crippen molar-refractivity contribution >= 4 is 11.5 Å². The van der Waals surface area contributed by atoms with Gasteiger partial charge in [-0.05, 0) is 51.7 Å². The van der Waals surface area contributed by atoms with Crippen LogP contribution in [0.1, 0.15) is 49.9 Å². The number of nitrogens with zero attached hydrogens (tertiary/aromatic N) is 4. The van der Waals surface area contributed by atoms with Crippen LogP contribution in [0.4, 0.5) is 14.7 Å². The Morgan fingerprint density at radius 3 is 2.65 bits per heavy atom. The molecule has 0 unspecified atom stereocenters. The zero-order valence-electron chi connectivity index (χ0n) is 17.6. The maximum absolute atomic E-state index is 12.3. The second kappa shape index (κ2) is 9.23. The van der Waals surface area contributed by atoms with Crippen LogP contribution in [0.25, 0.3) is 16.6 Å². The van der Waals surface area contributed by atoms with Gasteiger partial charge in [0.15, 0.2) is 0 Å². The molecule has 3 aromatic rings. The van der Waals surface area contributed by atoms with Gasteiger partial charge in [-0.25, -0.2) is 9.50 Å². The van der Waals surface area contributed by atoms with Crippen molar-refractivity contribution in [2.75, 3.05) is 11.9 Å². The van der Waals surface area contributed by atoms with Crippen LogP contribution in [-0.4, -0.2) is 50.1 Å². The molecule has 0 saturated heterocycles. The summed E-state index contributed by atoms with van der Waals surface area (Å²) in [5, 5.41) is 17.6. The van der Waals surface area contributed by atoms with E-state index in [1.165, 1.54) is 0 Å². The lowest BCUT2D eigenvalue weighted by atomic mass is 9.85. The molecule has 7 nitrogen and oxygen atoms in total. The summed E-state index contributed by atoms with van der Waals surface area (Å²) in [6.45, 7) is 0.716. The highest BCUT2D eigenvalue weighted by atomic mass is 19.3. The predicted octanol–water partition coefficient (Wildman–Crippen LogP) is 4.16. The van der Waals surface area contributed by atoms with Crippen LogP contribution >= 0.6 is 0 Å². The SMILES string of the molecule is Cc1ccc(-c2cc(C3CCC(O)CC3)n3nc(N[C@@H](C)COC(F)F)ncc23)cn1. The molecule has 9 heteroatoms. The smallest absolute Gasteiger partial charge is 0.345 e. The lowest BCUT2D eigenvalue weighted by molar-refractivity contribution is -0.130. The molecule has 4 rings (SSSR count). The van der Waals surface area contributed by atoms with Crippen LogP contribution in [0.2, 0.25) is 0 Å². The van der Waals surface area contributed by atoms with Crippen molar-refractivity contribution in [1.82, 2.24) is 19.6 Å². The minimum Gasteiger partial charge on any atom is -0.393 e. The molecule has 1 aliphatic carbocycles. The summed E-state index contributed by atoms with van der Waals surface area (Å²) < 4.78 is 30.9. The number of ether oxygens (including phenoxy) is 1. The first-order valence-electron chi connectivity index (χ1n) is 10.6. The molecule has 1 aliphatic rings. The number of aliphatic hydroxyl groups excluding tert-OH is 1. The Morgan fingerprint density at radius 1 is 1.19 bits per heavy atom. The Morgan fingerprint density at radius 2 is 1.97 bits per heavy atom. The maximum Gasteiger partial charge on any atom is 0.345 e. The summed E-state index contributed by atoms with van der Waals surface area (Å²) in [5.74, 6) is 0.615. The van der Waals surface area contributed by atoms with E-state index in [1.54, 1.807) is 13.1 Å². The molecule has 166 valence electrons. The summed E-state index contributed by atoms with van der Waals surface area (Å²) in [7, 11) is 0. The summed E-state index contributed by atoms with van der Waals surface area (Å²) in [5.41, 5.74) is 4.83. The average molecular weight is 431 g/mol. The van der Waals surface area contributed by atoms with Gasteiger partial charge in [-0.2, -0.15) is 8.78 Å². The number of aryl methyl sites for hydroxylation is 1. The molecule has 3 heterocycles. The zero-order valence-corrected chi connectivity index (χ0v) is 17.6. The number of hydrogen-bond donors (Lipinski definition) is 2. The van der Waals surface area contributed by atoms with Crippen LogP contribution in [0, 0.1) is 6.92 Å². The van der Waals surface area contributed by atoms with Crippen molar-refractivity contribution in [2.24, 2.45) is 0 Å². The monoisotopic (exact) mass is 431 g/mol. The molecule has 1 fully saturated rings. The lowest BCUT2D eigenvalue weighted by Crippen LogP contribution is -2.25. The highest BCUT2D eigenvalue weighted by molar-refractivity contribution is 5.81. The number of pyridine rings is 1. The van der Waals surface area contributed by atoms with Gasteiger partial charge < -0.3 is 15.2 Å². The Labute approximate surface area is 179 Å². The van der Waals surface area contributed by atoms with Crippen LogP contribution in [-0.2, 0) is 4.74 Å². The summed E-state index contributed by atoms with van der Waals surface area (Å²) in [4.78, 5) is 8.82. The number of aromatic nitrogens is 4. The second-order valence-electron chi connectivity index (χ2n) is 8.19. The van der Waals surface area contributed by atoms with Gasteiger partial charge in [0.05, 0.1) is 24.4 Å². The predicted molar refractivity (Wildman–Crippen MR) is 113 cm³/mol. The Balaban J connectivity index is 1.69. The molecular weight excluding hydrogens is 404 g/mol. The molecule has 0 bridgehead atoms. The molecule has 2 N–H and O–H groups in total. The van der Waals surface area contributed by atoms with Gasteiger partial charge in [-0.1, -0.05) is 6.07 Å². The number of alkyl halides is 2. The van der Waals surface area contributed by atoms with E-state index in [1.807, 2.05) is 29.8 Å². The van der Waals surface area contributed by atoms with E-state index in [9.17, 15) is 13.9 Å². The summed E-state index contributed by atoms with van der Waals surface area (Å²) in [6.07, 6.45) is 6.62. The minimum atomic E-state index is -2.81. The Bertz CT molecular complexity index is 1020. The molecule has 0 aliphatic heterocycles. The van der Waals surface area contributed by atoms with Crippen molar-refractivity contribution in [3.63, 3.8) is 0 Å². The van der Waals surface area contributed by atoms with Crippen molar-refractivity contribution in [3.05, 3.63) is 42.0 Å². The van der Waals surface area contributed by atoms with Gasteiger partial charge in [0.2, 0.25) is 5.95 Å². The molecule has 3 aromatic heterocycles. The molecule has 0 aromatic carbocycles. The zero-order chi connectivity index (χ0) is 22.0. The van der Waals surface area contributed by atoms with E-state index in [0.29, 0.717) is 5.95 Å². The molecule has 0 spiro atoms. The Kier molecular flexibility index (Phi) is 6.43. The number of halogens is 2. The topological polar surface area (TPSA) is 84.6 Å². The van der Waals surface area contributed by atoms with Gasteiger partial charge in [0, 0.05) is 40.7 Å². The van der Waals surface area contributed by atoms with Crippen LogP contribution < -0.4 is 5.32 Å². The first-order valence-corrected chi connectivity index (χ1v) is 10.6. The molecule has 0 amide bonds. The van der Waals surface area contributed by atoms with Crippen molar-refractivity contribution < 1.29 is 18.6 Å². The van der Waals surface area contributed by atoms with E-state index in [4.69, 9.17) is 0 Å². The third-order valence-electron chi connectivity index (χ3n) is 5.73. The van der Waals surface area contributed by atoms with Gasteiger partial charge in [-0.15, -0.1) is 5.10 Å². The van der Waals surface area contributed by atoms with Gasteiger partial charge >= 0.3 is 6.61 Å². The first-order chi connectivity index (χ1) is 14.9. The molecular formula is C22H27F2N5O2. The number of rotatable bonds is 7. The fourth-order valence-electron chi connectivity index (χ4n) is 4.08. The van der Waals surface area contributed by atoms with E-state index in [0.717, 1.165) is 53.7 Å². The summed E-state index contributed by atoms with van der Waals surface area (Å²) in [6, 6.07) is 5.75. The highest BCUT2D eigenvalue weighted by Crippen LogP contribution is 2.37. The average Bonchev–Trinajstić information content (AvgIpc) is 3.12. The number of fused-ring (bicyclic) bond motifs is 1. The molecule has 1 atom stereocenters. The number of nitrogens with one attached hydrogen (secondary N) is 1. The Hall–Kier alpha value is -2.65. The third kappa shape index (κ3) is 4.99. The standard InChI is InChI=1S/C22H27F2N5O2/c1-13-3-4-16(10-25-13)18-9-19(15-5-7-17(30)8-6-15)29-20(18)11-26-22(28-29)27-14(2)12-31-21(23)24/h3-4,9-11,14-15,17,21,30H,5-8,12H2,1-2H3,(H,27,28)/t14-,15?,17?/m0/s1. The van der Waals surface area contributed by atoms with Crippen molar-refractivity contribution in [2.45, 2.75) is 64.2 Å². The number of hydrogen-bond acceptors (Lipinski definition) is 6. The van der Waals surface area contributed by atoms with Gasteiger partial charge in [0.25, 0.3) is 0 Å². The summed E-state index contributed by atoms with van der Waals surface area (Å²) >= 11 is 0. The van der Waals surface area contributed by atoms with E-state index in [-0.39, 0.29) is 24.7 Å². The quantitative estimate of drug-likeness (QED) is 0.585. The van der Waals surface area contributed by atoms with Crippen LogP contribution in [0.15, 0.2) is 30.6 Å². The molecule has 0 radical (unpaired) electrons. The van der Waals surface area contributed by atoms with E-state index >= 15 is 0 Å². The normalized spacial score (nSPS) is 20.3. The fourth-order valence-corrected chi connectivity index (χ4v) is 4.08. The number of anilines is 1. The molecule has 31 heavy (non-hydrogen) atoms. The van der Waals surface area contributed by atoms with Gasteiger partial charge in [-0.3, -0.25) is 4.98 Å². The van der Waals surface area contributed by atoms with Crippen LogP contribution in [0.3, 0.4) is 0 Å². The maximum atomic E-state index is 12.3. The van der Waals surface area contributed by atoms with Crippen molar-refractivity contribution in [3.8, 4) is 11.1 Å². The third-order valence-corrected chi connectivity index (χ3v) is 5.73. The first kappa shape index (κ1) is 21.6. The van der Waals surface area contributed by atoms with E-state index in [2.05, 4.69) is 31.2 Å². The lowest BCUT2D eigenvalue weighted by Gasteiger charge is -2.25. The van der Waals surface area contributed by atoms with Gasteiger partial charge in [0.1, 0.15) is 0 Å². The fraction of sp³-hybridized carbons (Fsp3) is 0.500. The minimum absolute atomic E-state index is 0.154.